The molecule has 2 N–H and O–H groups in total. The highest BCUT2D eigenvalue weighted by Crippen LogP contribution is 2.29. The molecule has 0 radical (unpaired) electrons. The van der Waals surface area contributed by atoms with Crippen molar-refractivity contribution in [2.24, 2.45) is 0 Å². The number of amides is 2. The van der Waals surface area contributed by atoms with Crippen LogP contribution in [0, 0.1) is 0 Å². The molecule has 25 heavy (non-hydrogen) atoms. The topological polar surface area (TPSA) is 58.2 Å². The summed E-state index contributed by atoms with van der Waals surface area (Å²) in [5.41, 5.74) is 0.173. The van der Waals surface area contributed by atoms with Crippen LogP contribution in [0.1, 0.15) is 40.1 Å². The van der Waals surface area contributed by atoms with Gasteiger partial charge in [0, 0.05) is 22.9 Å². The van der Waals surface area contributed by atoms with E-state index in [2.05, 4.69) is 10.6 Å². The molecule has 2 aromatic carbocycles. The van der Waals surface area contributed by atoms with Gasteiger partial charge >= 0.3 is 6.18 Å². The van der Waals surface area contributed by atoms with E-state index in [9.17, 15) is 22.8 Å². The van der Waals surface area contributed by atoms with Crippen LogP contribution in [0.2, 0.25) is 0 Å². The van der Waals surface area contributed by atoms with Gasteiger partial charge in [0.15, 0.2) is 0 Å². The first kappa shape index (κ1) is 18.5. The van der Waals surface area contributed by atoms with Crippen LogP contribution in [0.5, 0.6) is 0 Å². The van der Waals surface area contributed by atoms with E-state index in [0.29, 0.717) is 11.1 Å². The molecule has 7 heteroatoms. The molecule has 0 aliphatic heterocycles. The van der Waals surface area contributed by atoms with Gasteiger partial charge in [-0.3, -0.25) is 9.59 Å². The molecule has 0 fully saturated rings. The highest BCUT2D eigenvalue weighted by atomic mass is 19.4. The van der Waals surface area contributed by atoms with Crippen LogP contribution < -0.4 is 10.6 Å². The molecule has 0 unspecified atom stereocenters. The van der Waals surface area contributed by atoms with Gasteiger partial charge in [-0.1, -0.05) is 0 Å². The van der Waals surface area contributed by atoms with Crippen LogP contribution in [-0.2, 0) is 6.18 Å². The molecule has 0 spiro atoms. The maximum atomic E-state index is 12.5. The van der Waals surface area contributed by atoms with E-state index in [1.807, 2.05) is 13.8 Å². The van der Waals surface area contributed by atoms with Crippen LogP contribution in [0.3, 0.4) is 0 Å². The second-order valence-corrected chi connectivity index (χ2v) is 5.73. The Bertz CT molecular complexity index is 751. The summed E-state index contributed by atoms with van der Waals surface area (Å²) >= 11 is 0. The quantitative estimate of drug-likeness (QED) is 0.872. The maximum absolute atomic E-state index is 12.5. The summed E-state index contributed by atoms with van der Waals surface area (Å²) in [5, 5.41) is 5.24. The van der Waals surface area contributed by atoms with Crippen LogP contribution in [0.4, 0.5) is 18.9 Å². The van der Waals surface area contributed by atoms with Crippen molar-refractivity contribution >= 4 is 17.5 Å². The molecule has 0 aliphatic carbocycles. The molecule has 4 nitrogen and oxygen atoms in total. The third-order valence-electron chi connectivity index (χ3n) is 3.30. The summed E-state index contributed by atoms with van der Waals surface area (Å²) in [4.78, 5) is 24.0. The molecule has 132 valence electrons. The number of carbonyl (C=O) groups is 2. The van der Waals surface area contributed by atoms with Gasteiger partial charge in [0.05, 0.1) is 5.56 Å². The van der Waals surface area contributed by atoms with Crippen LogP contribution >= 0.6 is 0 Å². The van der Waals surface area contributed by atoms with Crippen molar-refractivity contribution in [2.45, 2.75) is 26.1 Å². The van der Waals surface area contributed by atoms with Gasteiger partial charge in [0.2, 0.25) is 0 Å². The second kappa shape index (κ2) is 7.38. The molecule has 0 saturated heterocycles. The van der Waals surface area contributed by atoms with E-state index < -0.39 is 17.6 Å². The Morgan fingerprint density at radius 1 is 0.840 bits per heavy atom. The molecular formula is C18H17F3N2O2. The predicted molar refractivity (Wildman–Crippen MR) is 88.4 cm³/mol. The lowest BCUT2D eigenvalue weighted by Crippen LogP contribution is -2.30. The summed E-state index contributed by atoms with van der Waals surface area (Å²) in [6, 6.07) is 10.2. The number of rotatable bonds is 4. The Morgan fingerprint density at radius 2 is 1.32 bits per heavy atom. The third kappa shape index (κ3) is 5.07. The van der Waals surface area contributed by atoms with Gasteiger partial charge < -0.3 is 10.6 Å². The van der Waals surface area contributed by atoms with Crippen molar-refractivity contribution in [3.05, 3.63) is 65.2 Å². The second-order valence-electron chi connectivity index (χ2n) is 5.73. The number of benzene rings is 2. The Kier molecular flexibility index (Phi) is 5.46. The molecule has 2 rings (SSSR count). The number of hydrogen-bond donors (Lipinski definition) is 2. The van der Waals surface area contributed by atoms with Crippen LogP contribution in [-0.4, -0.2) is 17.9 Å². The molecule has 0 aromatic heterocycles. The standard InChI is InChI=1S/C18H17F3N2O2/c1-11(2)22-16(24)12-3-5-13(6-4-12)17(25)23-15-9-7-14(8-10-15)18(19,20)21/h3-11H,1-2H3,(H,22,24)(H,23,25). The molecule has 2 amide bonds. The molecule has 2 aromatic rings. The third-order valence-corrected chi connectivity index (χ3v) is 3.30. The van der Waals surface area contributed by atoms with E-state index >= 15 is 0 Å². The zero-order valence-electron chi connectivity index (χ0n) is 13.6. The highest BCUT2D eigenvalue weighted by Gasteiger charge is 2.30. The Morgan fingerprint density at radius 3 is 1.76 bits per heavy atom. The van der Waals surface area contributed by atoms with E-state index in [4.69, 9.17) is 0 Å². The number of anilines is 1. The zero-order chi connectivity index (χ0) is 18.6. The average molecular weight is 350 g/mol. The lowest BCUT2D eigenvalue weighted by atomic mass is 10.1. The van der Waals surface area contributed by atoms with Crippen molar-refractivity contribution in [3.8, 4) is 0 Å². The predicted octanol–water partition coefficient (Wildman–Crippen LogP) is 4.10. The van der Waals surface area contributed by atoms with Crippen molar-refractivity contribution in [1.29, 1.82) is 0 Å². The van der Waals surface area contributed by atoms with E-state index in [-0.39, 0.29) is 17.6 Å². The first-order chi connectivity index (χ1) is 11.7. The maximum Gasteiger partial charge on any atom is 0.416 e. The van der Waals surface area contributed by atoms with Gasteiger partial charge in [-0.15, -0.1) is 0 Å². The fraction of sp³-hybridized carbons (Fsp3) is 0.222. The van der Waals surface area contributed by atoms with Crippen LogP contribution in [0.25, 0.3) is 0 Å². The van der Waals surface area contributed by atoms with Gasteiger partial charge in [-0.25, -0.2) is 0 Å². The first-order valence-electron chi connectivity index (χ1n) is 7.56. The van der Waals surface area contributed by atoms with E-state index in [1.165, 1.54) is 36.4 Å². The number of nitrogens with one attached hydrogen (secondary N) is 2. The summed E-state index contributed by atoms with van der Waals surface area (Å²) in [6.45, 7) is 3.67. The summed E-state index contributed by atoms with van der Waals surface area (Å²) < 4.78 is 37.5. The van der Waals surface area contributed by atoms with Crippen molar-refractivity contribution in [1.82, 2.24) is 5.32 Å². The fourth-order valence-electron chi connectivity index (χ4n) is 2.06. The molecular weight excluding hydrogens is 333 g/mol. The van der Waals surface area contributed by atoms with Crippen LogP contribution in [0.15, 0.2) is 48.5 Å². The summed E-state index contributed by atoms with van der Waals surface area (Å²) in [6.07, 6.45) is -4.42. The van der Waals surface area contributed by atoms with E-state index in [0.717, 1.165) is 12.1 Å². The minimum absolute atomic E-state index is 0.00450. The Balaban J connectivity index is 2.04. The number of alkyl halides is 3. The minimum atomic E-state index is -4.42. The number of hydrogen-bond acceptors (Lipinski definition) is 2. The van der Waals surface area contributed by atoms with E-state index in [1.54, 1.807) is 0 Å². The molecule has 0 aliphatic rings. The monoisotopic (exact) mass is 350 g/mol. The Hall–Kier alpha value is -2.83. The SMILES string of the molecule is CC(C)NC(=O)c1ccc(C(=O)Nc2ccc(C(F)(F)F)cc2)cc1. The number of halogens is 3. The summed E-state index contributed by atoms with van der Waals surface area (Å²) in [7, 11) is 0. The van der Waals surface area contributed by atoms with Gasteiger partial charge in [0.1, 0.15) is 0 Å². The van der Waals surface area contributed by atoms with Gasteiger partial charge in [0.25, 0.3) is 11.8 Å². The lowest BCUT2D eigenvalue weighted by Gasteiger charge is -2.10. The highest BCUT2D eigenvalue weighted by molar-refractivity contribution is 6.05. The minimum Gasteiger partial charge on any atom is -0.350 e. The largest absolute Gasteiger partial charge is 0.416 e. The average Bonchev–Trinajstić information content (AvgIpc) is 2.54. The first-order valence-corrected chi connectivity index (χ1v) is 7.56. The molecule has 0 atom stereocenters. The fourth-order valence-corrected chi connectivity index (χ4v) is 2.06. The normalized spacial score (nSPS) is 11.3. The molecule has 0 bridgehead atoms. The zero-order valence-corrected chi connectivity index (χ0v) is 13.6. The van der Waals surface area contributed by atoms with Crippen molar-refractivity contribution in [3.63, 3.8) is 0 Å². The molecule has 0 heterocycles. The van der Waals surface area contributed by atoms with Gasteiger partial charge in [-0.2, -0.15) is 13.2 Å². The van der Waals surface area contributed by atoms with Gasteiger partial charge in [-0.05, 0) is 62.4 Å². The lowest BCUT2D eigenvalue weighted by molar-refractivity contribution is -0.137. The van der Waals surface area contributed by atoms with Crippen molar-refractivity contribution in [2.75, 3.05) is 5.32 Å². The smallest absolute Gasteiger partial charge is 0.350 e. The van der Waals surface area contributed by atoms with Crippen molar-refractivity contribution < 1.29 is 22.8 Å². The Labute approximate surface area is 143 Å². The molecule has 0 saturated carbocycles. The summed E-state index contributed by atoms with van der Waals surface area (Å²) in [5.74, 6) is -0.722. The number of carbonyl (C=O) groups excluding carboxylic acids is 2.